The third-order valence-electron chi connectivity index (χ3n) is 3.21. The lowest BCUT2D eigenvalue weighted by Gasteiger charge is -2.32. The van der Waals surface area contributed by atoms with E-state index in [1.54, 1.807) is 36.4 Å². The van der Waals surface area contributed by atoms with E-state index >= 15 is 0 Å². The number of pyridine rings is 1. The van der Waals surface area contributed by atoms with Crippen molar-refractivity contribution in [2.75, 3.05) is 19.7 Å². The Morgan fingerprint density at radius 1 is 1.55 bits per heavy atom. The minimum Gasteiger partial charge on any atom is -0.450 e. The molecule has 0 spiro atoms. The third kappa shape index (κ3) is 3.69. The molecule has 20 heavy (non-hydrogen) atoms. The smallest absolute Gasteiger partial charge is 0.407 e. The van der Waals surface area contributed by atoms with E-state index in [4.69, 9.17) is 4.74 Å². The SMILES string of the molecule is CCOC(=O)N[C@H]1CCCN(C(=O)c2cccnc2)C1. The number of carbonyl (C=O) groups excluding carboxylic acids is 2. The molecule has 1 aliphatic rings. The summed E-state index contributed by atoms with van der Waals surface area (Å²) < 4.78 is 4.86. The van der Waals surface area contributed by atoms with Crippen LogP contribution in [-0.2, 0) is 4.74 Å². The molecule has 0 aliphatic carbocycles. The molecule has 2 rings (SSSR count). The standard InChI is InChI=1S/C14H19N3O3/c1-2-20-14(19)16-12-6-4-8-17(10-12)13(18)11-5-3-7-15-9-11/h3,5,7,9,12H,2,4,6,8,10H2,1H3,(H,16,19)/t12-/m0/s1. The highest BCUT2D eigenvalue weighted by Crippen LogP contribution is 2.13. The second-order valence-electron chi connectivity index (χ2n) is 4.70. The van der Waals surface area contributed by atoms with Gasteiger partial charge in [0, 0.05) is 31.5 Å². The van der Waals surface area contributed by atoms with Gasteiger partial charge in [0.05, 0.1) is 12.2 Å². The summed E-state index contributed by atoms with van der Waals surface area (Å²) >= 11 is 0. The first-order valence-corrected chi connectivity index (χ1v) is 6.83. The number of amides is 2. The minimum absolute atomic E-state index is 0.0477. The highest BCUT2D eigenvalue weighted by molar-refractivity contribution is 5.94. The molecule has 0 saturated carbocycles. The molecule has 1 saturated heterocycles. The van der Waals surface area contributed by atoms with E-state index in [0.29, 0.717) is 25.3 Å². The van der Waals surface area contributed by atoms with Crippen LogP contribution in [0.25, 0.3) is 0 Å². The summed E-state index contributed by atoms with van der Waals surface area (Å²) in [7, 11) is 0. The largest absolute Gasteiger partial charge is 0.450 e. The Balaban J connectivity index is 1.93. The zero-order chi connectivity index (χ0) is 14.4. The van der Waals surface area contributed by atoms with Crippen molar-refractivity contribution in [2.24, 2.45) is 0 Å². The molecule has 2 heterocycles. The van der Waals surface area contributed by atoms with Gasteiger partial charge in [-0.25, -0.2) is 4.79 Å². The Bertz CT molecular complexity index is 464. The normalized spacial score (nSPS) is 18.4. The van der Waals surface area contributed by atoms with Crippen LogP contribution >= 0.6 is 0 Å². The Labute approximate surface area is 118 Å². The summed E-state index contributed by atoms with van der Waals surface area (Å²) in [6.07, 6.45) is 4.50. The van der Waals surface area contributed by atoms with Gasteiger partial charge >= 0.3 is 6.09 Å². The quantitative estimate of drug-likeness (QED) is 0.907. The fourth-order valence-corrected chi connectivity index (χ4v) is 2.29. The number of aromatic nitrogens is 1. The molecule has 6 heteroatoms. The van der Waals surface area contributed by atoms with Crippen LogP contribution in [0, 0.1) is 0 Å². The number of ether oxygens (including phenoxy) is 1. The maximum absolute atomic E-state index is 12.3. The zero-order valence-corrected chi connectivity index (χ0v) is 11.5. The topological polar surface area (TPSA) is 71.5 Å². The molecule has 6 nitrogen and oxygen atoms in total. The zero-order valence-electron chi connectivity index (χ0n) is 11.5. The van der Waals surface area contributed by atoms with Crippen LogP contribution in [0.5, 0.6) is 0 Å². The van der Waals surface area contributed by atoms with Crippen molar-refractivity contribution in [3.63, 3.8) is 0 Å². The maximum atomic E-state index is 12.3. The molecular formula is C14H19N3O3. The van der Waals surface area contributed by atoms with Crippen LogP contribution in [0.1, 0.15) is 30.1 Å². The van der Waals surface area contributed by atoms with E-state index < -0.39 is 6.09 Å². The number of piperidine rings is 1. The highest BCUT2D eigenvalue weighted by Gasteiger charge is 2.25. The molecule has 0 radical (unpaired) electrons. The summed E-state index contributed by atoms with van der Waals surface area (Å²) in [5.74, 6) is -0.0477. The van der Waals surface area contributed by atoms with E-state index in [1.165, 1.54) is 0 Å². The molecule has 1 aromatic heterocycles. The van der Waals surface area contributed by atoms with Crippen molar-refractivity contribution in [1.29, 1.82) is 0 Å². The molecule has 0 unspecified atom stereocenters. The molecule has 1 N–H and O–H groups in total. The average molecular weight is 277 g/mol. The van der Waals surface area contributed by atoms with E-state index in [2.05, 4.69) is 10.3 Å². The average Bonchev–Trinajstić information content (AvgIpc) is 2.48. The van der Waals surface area contributed by atoms with Crippen molar-refractivity contribution in [3.05, 3.63) is 30.1 Å². The first kappa shape index (κ1) is 14.3. The number of likely N-dealkylation sites (tertiary alicyclic amines) is 1. The lowest BCUT2D eigenvalue weighted by molar-refractivity contribution is 0.0685. The molecule has 1 aromatic rings. The van der Waals surface area contributed by atoms with Crippen LogP contribution in [0.2, 0.25) is 0 Å². The number of nitrogens with zero attached hydrogens (tertiary/aromatic N) is 2. The van der Waals surface area contributed by atoms with Crippen molar-refractivity contribution in [2.45, 2.75) is 25.8 Å². The molecular weight excluding hydrogens is 258 g/mol. The van der Waals surface area contributed by atoms with Gasteiger partial charge in [-0.15, -0.1) is 0 Å². The molecule has 108 valence electrons. The number of alkyl carbamates (subject to hydrolysis) is 1. The van der Waals surface area contributed by atoms with Crippen LogP contribution in [0.4, 0.5) is 4.79 Å². The van der Waals surface area contributed by atoms with Gasteiger partial charge in [0.25, 0.3) is 5.91 Å². The molecule has 2 amide bonds. The Morgan fingerprint density at radius 3 is 3.10 bits per heavy atom. The Kier molecular flexibility index (Phi) is 4.92. The number of nitrogens with one attached hydrogen (secondary N) is 1. The van der Waals surface area contributed by atoms with E-state index in [-0.39, 0.29) is 11.9 Å². The Hall–Kier alpha value is -2.11. The van der Waals surface area contributed by atoms with Crippen LogP contribution in [0.3, 0.4) is 0 Å². The van der Waals surface area contributed by atoms with E-state index in [0.717, 1.165) is 12.8 Å². The van der Waals surface area contributed by atoms with Gasteiger partial charge in [-0.2, -0.15) is 0 Å². The van der Waals surface area contributed by atoms with Gasteiger partial charge in [-0.1, -0.05) is 0 Å². The van der Waals surface area contributed by atoms with Gasteiger partial charge in [-0.05, 0) is 31.9 Å². The van der Waals surface area contributed by atoms with Crippen molar-refractivity contribution in [1.82, 2.24) is 15.2 Å². The second kappa shape index (κ2) is 6.88. The van der Waals surface area contributed by atoms with Crippen LogP contribution < -0.4 is 5.32 Å². The summed E-state index contributed by atoms with van der Waals surface area (Å²) in [5, 5.41) is 2.79. The summed E-state index contributed by atoms with van der Waals surface area (Å²) in [6, 6.07) is 3.44. The van der Waals surface area contributed by atoms with Crippen molar-refractivity contribution in [3.8, 4) is 0 Å². The molecule has 0 bridgehead atoms. The molecule has 1 aliphatic heterocycles. The van der Waals surface area contributed by atoms with E-state index in [1.807, 2.05) is 0 Å². The number of rotatable bonds is 3. The summed E-state index contributed by atoms with van der Waals surface area (Å²) in [4.78, 5) is 29.4. The molecule has 1 atom stereocenters. The predicted octanol–water partition coefficient (Wildman–Crippen LogP) is 1.43. The van der Waals surface area contributed by atoms with Gasteiger partial charge in [0.1, 0.15) is 0 Å². The van der Waals surface area contributed by atoms with Crippen LogP contribution in [-0.4, -0.2) is 47.6 Å². The van der Waals surface area contributed by atoms with Crippen LogP contribution in [0.15, 0.2) is 24.5 Å². The van der Waals surface area contributed by atoms with Gasteiger partial charge in [0.15, 0.2) is 0 Å². The number of hydrogen-bond acceptors (Lipinski definition) is 4. The predicted molar refractivity (Wildman–Crippen MR) is 73.3 cm³/mol. The lowest BCUT2D eigenvalue weighted by atomic mass is 10.0. The van der Waals surface area contributed by atoms with Crippen molar-refractivity contribution >= 4 is 12.0 Å². The highest BCUT2D eigenvalue weighted by atomic mass is 16.5. The fourth-order valence-electron chi connectivity index (χ4n) is 2.29. The molecule has 1 fully saturated rings. The third-order valence-corrected chi connectivity index (χ3v) is 3.21. The van der Waals surface area contributed by atoms with E-state index in [9.17, 15) is 9.59 Å². The first-order valence-electron chi connectivity index (χ1n) is 6.83. The minimum atomic E-state index is -0.423. The molecule has 0 aromatic carbocycles. The summed E-state index contributed by atoms with van der Waals surface area (Å²) in [6.45, 7) is 3.32. The number of carbonyl (C=O) groups is 2. The lowest BCUT2D eigenvalue weighted by Crippen LogP contribution is -2.49. The fraction of sp³-hybridized carbons (Fsp3) is 0.500. The van der Waals surface area contributed by atoms with Gasteiger partial charge in [-0.3, -0.25) is 9.78 Å². The Morgan fingerprint density at radius 2 is 2.40 bits per heavy atom. The van der Waals surface area contributed by atoms with Gasteiger partial charge in [0.2, 0.25) is 0 Å². The summed E-state index contributed by atoms with van der Waals surface area (Å²) in [5.41, 5.74) is 0.573. The van der Waals surface area contributed by atoms with Crippen molar-refractivity contribution < 1.29 is 14.3 Å². The maximum Gasteiger partial charge on any atom is 0.407 e. The first-order chi connectivity index (χ1) is 9.70. The second-order valence-corrected chi connectivity index (χ2v) is 4.70. The monoisotopic (exact) mass is 277 g/mol. The number of hydrogen-bond donors (Lipinski definition) is 1. The van der Waals surface area contributed by atoms with Gasteiger partial charge < -0.3 is 15.0 Å².